The van der Waals surface area contributed by atoms with Gasteiger partial charge in [-0.1, -0.05) is 18.2 Å². The first-order valence-electron chi connectivity index (χ1n) is 7.88. The summed E-state index contributed by atoms with van der Waals surface area (Å²) in [4.78, 5) is 35.1. The van der Waals surface area contributed by atoms with E-state index in [1.807, 2.05) is 0 Å². The van der Waals surface area contributed by atoms with Crippen LogP contribution in [0.15, 0.2) is 47.0 Å². The Balaban J connectivity index is 2.77. The van der Waals surface area contributed by atoms with Gasteiger partial charge >= 0.3 is 6.16 Å². The van der Waals surface area contributed by atoms with Gasteiger partial charge in [0, 0.05) is 18.7 Å². The van der Waals surface area contributed by atoms with Crippen LogP contribution < -0.4 is 10.6 Å². The molecule has 144 valence electrons. The Morgan fingerprint density at radius 2 is 2.04 bits per heavy atom. The zero-order chi connectivity index (χ0) is 20.1. The summed E-state index contributed by atoms with van der Waals surface area (Å²) in [5.74, 6) is -1.73. The fourth-order valence-electron chi connectivity index (χ4n) is 2.87. The number of methoxy groups -OCH3 is 1. The second-order valence-electron chi connectivity index (χ2n) is 5.55. The van der Waals surface area contributed by atoms with Crippen LogP contribution in [-0.2, 0) is 14.3 Å². The molecular weight excluding hydrogens is 358 g/mol. The zero-order valence-electron chi connectivity index (χ0n) is 14.9. The van der Waals surface area contributed by atoms with E-state index in [-0.39, 0.29) is 28.3 Å². The first-order chi connectivity index (χ1) is 12.8. The highest BCUT2D eigenvalue weighted by atomic mass is 16.7. The SMILES string of the molecule is CNC(=O)C1=C(CO)NC(C)=C(OC(=O)OC)C1c1ccccc1[N+](=O)[O-]. The number of nitrogens with zero attached hydrogens (tertiary/aromatic N) is 1. The first kappa shape index (κ1) is 19.9. The van der Waals surface area contributed by atoms with Gasteiger partial charge in [0.15, 0.2) is 0 Å². The lowest BCUT2D eigenvalue weighted by Crippen LogP contribution is -2.36. The van der Waals surface area contributed by atoms with E-state index in [1.54, 1.807) is 13.0 Å². The molecule has 1 aliphatic rings. The Morgan fingerprint density at radius 3 is 2.59 bits per heavy atom. The Bertz CT molecular complexity index is 845. The number of nitrogens with one attached hydrogen (secondary N) is 2. The predicted octanol–water partition coefficient (Wildman–Crippen LogP) is 1.29. The lowest BCUT2D eigenvalue weighted by atomic mass is 9.83. The third-order valence-corrected chi connectivity index (χ3v) is 4.02. The number of para-hydroxylation sites is 1. The van der Waals surface area contributed by atoms with Crippen LogP contribution in [0.1, 0.15) is 18.4 Å². The normalized spacial score (nSPS) is 16.5. The maximum absolute atomic E-state index is 12.5. The fourth-order valence-corrected chi connectivity index (χ4v) is 2.87. The van der Waals surface area contributed by atoms with E-state index < -0.39 is 29.5 Å². The molecule has 1 aliphatic heterocycles. The van der Waals surface area contributed by atoms with E-state index in [0.29, 0.717) is 5.70 Å². The first-order valence-corrected chi connectivity index (χ1v) is 7.88. The van der Waals surface area contributed by atoms with Crippen molar-refractivity contribution in [3.8, 4) is 0 Å². The van der Waals surface area contributed by atoms with Gasteiger partial charge in [-0.05, 0) is 6.92 Å². The quantitative estimate of drug-likeness (QED) is 0.396. The average Bonchev–Trinajstić information content (AvgIpc) is 2.67. The van der Waals surface area contributed by atoms with Crippen molar-refractivity contribution in [1.82, 2.24) is 10.6 Å². The Hall–Kier alpha value is -3.40. The molecule has 2 rings (SSSR count). The number of ether oxygens (including phenoxy) is 2. The van der Waals surface area contributed by atoms with Crippen molar-refractivity contribution in [2.75, 3.05) is 20.8 Å². The van der Waals surface area contributed by atoms with Crippen molar-refractivity contribution in [3.05, 3.63) is 62.7 Å². The van der Waals surface area contributed by atoms with Gasteiger partial charge in [0.25, 0.3) is 5.69 Å². The Kier molecular flexibility index (Phi) is 6.14. The lowest BCUT2D eigenvalue weighted by molar-refractivity contribution is -0.385. The number of nitro benzene ring substituents is 1. The van der Waals surface area contributed by atoms with Gasteiger partial charge in [0.1, 0.15) is 5.76 Å². The van der Waals surface area contributed by atoms with Gasteiger partial charge in [-0.15, -0.1) is 0 Å². The molecule has 0 radical (unpaired) electrons. The number of aliphatic hydroxyl groups excluding tert-OH is 1. The molecule has 1 aromatic carbocycles. The minimum absolute atomic E-state index is 0.00111. The van der Waals surface area contributed by atoms with Crippen LogP contribution in [0.3, 0.4) is 0 Å². The molecule has 0 aromatic heterocycles. The molecule has 27 heavy (non-hydrogen) atoms. The topological polar surface area (TPSA) is 140 Å². The molecule has 10 heteroatoms. The number of benzene rings is 1. The molecule has 0 spiro atoms. The van der Waals surface area contributed by atoms with Gasteiger partial charge in [-0.25, -0.2) is 4.79 Å². The van der Waals surface area contributed by atoms with Gasteiger partial charge in [0.2, 0.25) is 5.91 Å². The van der Waals surface area contributed by atoms with Gasteiger partial charge in [-0.2, -0.15) is 0 Å². The highest BCUT2D eigenvalue weighted by Crippen LogP contribution is 2.42. The molecular formula is C17H19N3O7. The highest BCUT2D eigenvalue weighted by molar-refractivity contribution is 5.97. The third kappa shape index (κ3) is 3.90. The maximum Gasteiger partial charge on any atom is 0.513 e. The summed E-state index contributed by atoms with van der Waals surface area (Å²) in [5.41, 5.74) is 0.319. The molecule has 1 amide bonds. The van der Waals surface area contributed by atoms with E-state index in [0.717, 1.165) is 7.11 Å². The van der Waals surface area contributed by atoms with Gasteiger partial charge in [-0.3, -0.25) is 14.9 Å². The van der Waals surface area contributed by atoms with Crippen molar-refractivity contribution >= 4 is 17.7 Å². The minimum atomic E-state index is -1.10. The number of amides is 1. The van der Waals surface area contributed by atoms with Crippen LogP contribution in [0, 0.1) is 10.1 Å². The predicted molar refractivity (Wildman–Crippen MR) is 93.3 cm³/mol. The molecule has 0 bridgehead atoms. The summed E-state index contributed by atoms with van der Waals surface area (Å²) in [7, 11) is 2.50. The van der Waals surface area contributed by atoms with Crippen molar-refractivity contribution in [3.63, 3.8) is 0 Å². The van der Waals surface area contributed by atoms with E-state index >= 15 is 0 Å². The average molecular weight is 377 g/mol. The number of allylic oxidation sites excluding steroid dienone is 2. The smallest absolute Gasteiger partial charge is 0.437 e. The largest absolute Gasteiger partial charge is 0.513 e. The van der Waals surface area contributed by atoms with Crippen LogP contribution in [0.4, 0.5) is 10.5 Å². The summed E-state index contributed by atoms with van der Waals surface area (Å²) < 4.78 is 9.73. The van der Waals surface area contributed by atoms with Crippen LogP contribution in [-0.4, -0.2) is 42.9 Å². The molecule has 0 saturated heterocycles. The molecule has 0 aliphatic carbocycles. The molecule has 1 atom stereocenters. The van der Waals surface area contributed by atoms with E-state index in [2.05, 4.69) is 15.4 Å². The number of dihydropyridines is 1. The van der Waals surface area contributed by atoms with Crippen molar-refractivity contribution in [2.45, 2.75) is 12.8 Å². The molecule has 0 saturated carbocycles. The van der Waals surface area contributed by atoms with Gasteiger partial charge < -0.3 is 25.2 Å². The number of rotatable bonds is 5. The number of carbonyl (C=O) groups is 2. The fraction of sp³-hybridized carbons (Fsp3) is 0.294. The van der Waals surface area contributed by atoms with Crippen molar-refractivity contribution < 1.29 is 29.1 Å². The monoisotopic (exact) mass is 377 g/mol. The number of carbonyl (C=O) groups excluding carboxylic acids is 2. The lowest BCUT2D eigenvalue weighted by Gasteiger charge is -2.30. The molecule has 0 fully saturated rings. The number of aliphatic hydroxyl groups is 1. The number of hydrogen-bond donors (Lipinski definition) is 3. The van der Waals surface area contributed by atoms with E-state index in [4.69, 9.17) is 4.74 Å². The number of hydrogen-bond acceptors (Lipinski definition) is 8. The molecule has 1 aromatic rings. The number of nitro groups is 1. The zero-order valence-corrected chi connectivity index (χ0v) is 14.9. The van der Waals surface area contributed by atoms with Crippen LogP contribution in [0.2, 0.25) is 0 Å². The molecule has 1 heterocycles. The second-order valence-corrected chi connectivity index (χ2v) is 5.55. The van der Waals surface area contributed by atoms with Crippen molar-refractivity contribution in [1.29, 1.82) is 0 Å². The van der Waals surface area contributed by atoms with E-state index in [9.17, 15) is 24.8 Å². The van der Waals surface area contributed by atoms with Crippen LogP contribution >= 0.6 is 0 Å². The second kappa shape index (κ2) is 8.32. The molecule has 1 unspecified atom stereocenters. The highest BCUT2D eigenvalue weighted by Gasteiger charge is 2.39. The summed E-state index contributed by atoms with van der Waals surface area (Å²) in [6.07, 6.45) is -1.04. The summed E-state index contributed by atoms with van der Waals surface area (Å²) in [6, 6.07) is 5.79. The van der Waals surface area contributed by atoms with Crippen LogP contribution in [0.5, 0.6) is 0 Å². The minimum Gasteiger partial charge on any atom is -0.437 e. The maximum atomic E-state index is 12.5. The summed E-state index contributed by atoms with van der Waals surface area (Å²) >= 11 is 0. The van der Waals surface area contributed by atoms with E-state index in [1.165, 1.54) is 25.2 Å². The molecule has 10 nitrogen and oxygen atoms in total. The van der Waals surface area contributed by atoms with Crippen molar-refractivity contribution in [2.24, 2.45) is 0 Å². The summed E-state index contributed by atoms with van der Waals surface area (Å²) in [5, 5.41) is 26.4. The summed E-state index contributed by atoms with van der Waals surface area (Å²) in [6.45, 7) is 1.03. The Morgan fingerprint density at radius 1 is 1.37 bits per heavy atom. The standard InChI is InChI=1S/C17H19N3O7/c1-9-15(27-17(23)26-3)13(10-6-4-5-7-12(10)20(24)25)14(16(22)18-2)11(8-21)19-9/h4-7,13,19,21H,8H2,1-3H3,(H,18,22). The van der Waals surface area contributed by atoms with Crippen LogP contribution in [0.25, 0.3) is 0 Å². The Labute approximate surface area is 154 Å². The molecule has 3 N–H and O–H groups in total. The third-order valence-electron chi connectivity index (χ3n) is 4.02. The number of likely N-dealkylation sites (N-methyl/N-ethyl adjacent to an activating group) is 1. The van der Waals surface area contributed by atoms with Gasteiger partial charge in [0.05, 0.1) is 41.5 Å².